The Hall–Kier alpha value is 2.96. The molecule has 0 saturated carbocycles. The molecule has 208 valence electrons. The molecule has 0 heterocycles. The van der Waals surface area contributed by atoms with Crippen LogP contribution in [-0.4, -0.2) is 37.0 Å². The monoisotopic (exact) mass is 810 g/mol. The van der Waals surface area contributed by atoms with E-state index in [4.69, 9.17) is 10.2 Å². The molecule has 2 atom stereocenters. The van der Waals surface area contributed by atoms with Crippen molar-refractivity contribution in [2.24, 2.45) is 11.8 Å². The second-order valence-electron chi connectivity index (χ2n) is 6.44. The van der Waals surface area contributed by atoms with Gasteiger partial charge in [-0.1, -0.05) is 33.3 Å². The van der Waals surface area contributed by atoms with Gasteiger partial charge in [-0.25, -0.2) is 25.9 Å². The molecule has 4 radical (unpaired) electrons. The Bertz CT molecular complexity index is 386. The number of carbonyl (C=O) groups excluding carboxylic acids is 2. The zero-order valence-corrected chi connectivity index (χ0v) is 35.4. The van der Waals surface area contributed by atoms with E-state index in [1.807, 2.05) is 19.9 Å². The van der Waals surface area contributed by atoms with Crippen LogP contribution in [0.15, 0.2) is 23.5 Å². The molecule has 9 heteroatoms. The van der Waals surface area contributed by atoms with Crippen molar-refractivity contribution in [1.82, 2.24) is 0 Å². The van der Waals surface area contributed by atoms with Gasteiger partial charge in [0.25, 0.3) is 0 Å². The van der Waals surface area contributed by atoms with Crippen LogP contribution >= 0.6 is 0 Å². The van der Waals surface area contributed by atoms with Crippen LogP contribution in [0.2, 0.25) is 0 Å². The van der Waals surface area contributed by atoms with Crippen LogP contribution in [0.4, 0.5) is 0 Å². The molecule has 1 aliphatic carbocycles. The van der Waals surface area contributed by atoms with Crippen LogP contribution in [0.5, 0.6) is 0 Å². The minimum Gasteiger partial charge on any atom is -0.566 e. The van der Waals surface area contributed by atoms with E-state index in [1.165, 1.54) is 6.42 Å². The third kappa shape index (κ3) is 83.3. The Morgan fingerprint density at radius 3 is 1.44 bits per heavy atom. The minimum absolute atomic E-state index is 0. The van der Waals surface area contributed by atoms with Crippen LogP contribution < -0.4 is 0 Å². The Morgan fingerprint density at radius 2 is 1.42 bits per heavy atom. The summed E-state index contributed by atoms with van der Waals surface area (Å²) in [7, 11) is 3.25. The number of ether oxygens (including phenoxy) is 1. The largest absolute Gasteiger partial charge is 0.566 e. The van der Waals surface area contributed by atoms with Gasteiger partial charge in [0.15, 0.2) is 0 Å². The average Bonchev–Trinajstić information content (AvgIpc) is 3.17. The van der Waals surface area contributed by atoms with Gasteiger partial charge in [-0.15, -0.1) is 0 Å². The second-order valence-corrected chi connectivity index (χ2v) is 6.44. The van der Waals surface area contributed by atoms with E-state index in [2.05, 4.69) is 39.4 Å². The molecule has 0 saturated heterocycles. The van der Waals surface area contributed by atoms with Crippen molar-refractivity contribution in [3.05, 3.63) is 65.2 Å². The number of allylic oxidation sites excluding steroid dienone is 3. The number of rotatable bonds is 7. The average molecular weight is 810 g/mol. The van der Waals surface area contributed by atoms with Gasteiger partial charge in [0, 0.05) is 145 Å². The predicted molar refractivity (Wildman–Crippen MR) is 139 cm³/mol. The Labute approximate surface area is 326 Å². The number of unbranched alkanes of at least 4 members (excludes halogenated alkanes) is 2. The van der Waals surface area contributed by atoms with E-state index in [-0.39, 0.29) is 150 Å². The molecule has 0 aromatic carbocycles. The van der Waals surface area contributed by atoms with E-state index in [0.717, 1.165) is 31.4 Å². The Balaban J connectivity index is -0.0000000279. The first-order valence-corrected chi connectivity index (χ1v) is 10.5. The number of methoxy groups -OCH3 is 1. The maximum absolute atomic E-state index is 9.57. The Morgan fingerprint density at radius 1 is 1.00 bits per heavy atom. The molecule has 0 fully saturated rings. The molecule has 1 aliphatic rings. The van der Waals surface area contributed by atoms with Crippen molar-refractivity contribution in [1.29, 1.82) is 0 Å². The van der Waals surface area contributed by atoms with Crippen molar-refractivity contribution in [3.63, 3.8) is 0 Å². The first-order chi connectivity index (χ1) is 14.7. The van der Waals surface area contributed by atoms with Gasteiger partial charge in [0.2, 0.25) is 0 Å². The molecule has 2 unspecified atom stereocenters. The van der Waals surface area contributed by atoms with Gasteiger partial charge >= 0.3 is 0 Å². The van der Waals surface area contributed by atoms with Crippen LogP contribution in [0.1, 0.15) is 72.6 Å². The standard InChI is InChI=1S/C6H8O.C5H10O.C5H8O.C4H6O.C4H9.C2H6O.CH3.4Y/c1-5-3-2-4-6(5)7;2*1-3-5(2)4-6;1-2-3-4-5;1-3-4-2;1-3-2;;;;;/h3-4,7H,2H2,1H3;4-6H,1,3H2,2H3;5H,1,3H2,2H3;1-3H2;1,3-4H2,2H3;1-2H3;1H3;;;;/q;3*-2;-1;;-1;;;;. The first kappa shape index (κ1) is 66.9. The van der Waals surface area contributed by atoms with Crippen LogP contribution in [0.3, 0.4) is 0 Å². The molecular formula is C27H50O5Y4-8. The fraction of sp³-hybridized carbons (Fsp3) is 0.556. The number of aliphatic hydroxyl groups is 2. The van der Waals surface area contributed by atoms with Gasteiger partial charge in [0.1, 0.15) is 5.76 Å². The second kappa shape index (κ2) is 66.3. The van der Waals surface area contributed by atoms with Gasteiger partial charge in [-0.3, -0.25) is 12.6 Å². The molecule has 5 nitrogen and oxygen atoms in total. The summed E-state index contributed by atoms with van der Waals surface area (Å²) >= 11 is 0. The summed E-state index contributed by atoms with van der Waals surface area (Å²) in [6, 6.07) is 0. The molecule has 0 amide bonds. The molecule has 0 aromatic rings. The first-order valence-electron chi connectivity index (χ1n) is 10.5. The fourth-order valence-corrected chi connectivity index (χ4v) is 0.819. The summed E-state index contributed by atoms with van der Waals surface area (Å²) in [5, 5.41) is 17.0. The zero-order valence-electron chi connectivity index (χ0n) is 24.1. The van der Waals surface area contributed by atoms with Gasteiger partial charge in [-0.2, -0.15) is 24.7 Å². The predicted octanol–water partition coefficient (Wildman–Crippen LogP) is 7.15. The fourth-order valence-electron chi connectivity index (χ4n) is 0.819. The molecule has 1 rings (SSSR count). The van der Waals surface area contributed by atoms with Gasteiger partial charge in [0.05, 0.1) is 0 Å². The van der Waals surface area contributed by atoms with Crippen molar-refractivity contribution in [2.75, 3.05) is 14.2 Å². The summed E-state index contributed by atoms with van der Waals surface area (Å²) in [5.74, 6) is 0.718. The van der Waals surface area contributed by atoms with E-state index >= 15 is 0 Å². The molecule has 36 heavy (non-hydrogen) atoms. The SMILES string of the molecule is CC1=CCC=C1O.COC.[CH2-]CC(C)[C-]=O.[CH2-]CC(C)[CH-]O.[CH2-]CCC.[CH2-]CC[C-]=O.[CH3-].[Y].[Y].[Y].[Y]. The van der Waals surface area contributed by atoms with Crippen LogP contribution in [-0.2, 0) is 145 Å². The van der Waals surface area contributed by atoms with Crippen LogP contribution in [0, 0.1) is 53.6 Å². The maximum atomic E-state index is 9.57. The Kier molecular flexibility index (Phi) is 123. The van der Waals surface area contributed by atoms with Crippen molar-refractivity contribution in [3.8, 4) is 0 Å². The van der Waals surface area contributed by atoms with Gasteiger partial charge < -0.3 is 59.7 Å². The maximum Gasteiger partial charge on any atom is 0.114 e. The summed E-state index contributed by atoms with van der Waals surface area (Å²) < 4.78 is 4.25. The molecule has 0 aromatic heterocycles. The van der Waals surface area contributed by atoms with Crippen molar-refractivity contribution in [2.45, 2.75) is 72.6 Å². The topological polar surface area (TPSA) is 83.8 Å². The minimum atomic E-state index is 0. The zero-order chi connectivity index (χ0) is 25.5. The van der Waals surface area contributed by atoms with Crippen LogP contribution in [0.25, 0.3) is 0 Å². The number of hydrogen-bond acceptors (Lipinski definition) is 5. The smallest absolute Gasteiger partial charge is 0.114 e. The van der Waals surface area contributed by atoms with E-state index in [9.17, 15) is 9.59 Å². The van der Waals surface area contributed by atoms with E-state index < -0.39 is 0 Å². The summed E-state index contributed by atoms with van der Waals surface area (Å²) in [5.41, 5.74) is 1.00. The number of aliphatic hydroxyl groups excluding tert-OH is 2. The van der Waals surface area contributed by atoms with Gasteiger partial charge in [-0.05, 0) is 25.0 Å². The molecule has 2 N–H and O–H groups in total. The van der Waals surface area contributed by atoms with Crippen molar-refractivity contribution < 1.29 is 155 Å². The third-order valence-electron chi connectivity index (χ3n) is 3.12. The number of hydrogen-bond donors (Lipinski definition) is 2. The van der Waals surface area contributed by atoms with Crippen molar-refractivity contribution >= 4 is 12.6 Å². The third-order valence-corrected chi connectivity index (χ3v) is 3.12. The normalized spacial score (nSPS) is 10.8. The summed E-state index contributed by atoms with van der Waals surface area (Å²) in [6.45, 7) is 23.0. The molecule has 0 spiro atoms. The molecular weight excluding hydrogens is 760 g/mol. The molecule has 0 aliphatic heterocycles. The quantitative estimate of drug-likeness (QED) is 0.267. The summed E-state index contributed by atoms with van der Waals surface area (Å²) in [6.07, 6.45) is 13.1. The molecule has 0 bridgehead atoms. The summed E-state index contributed by atoms with van der Waals surface area (Å²) in [4.78, 5) is 18.8. The van der Waals surface area contributed by atoms with E-state index in [0.29, 0.717) is 25.0 Å². The van der Waals surface area contributed by atoms with E-state index in [1.54, 1.807) is 39.8 Å².